The third-order valence-corrected chi connectivity index (χ3v) is 3.10. The predicted octanol–water partition coefficient (Wildman–Crippen LogP) is 3.57. The number of benzene rings is 2. The smallest absolute Gasteiger partial charge is 0.282 e. The van der Waals surface area contributed by atoms with Gasteiger partial charge in [-0.25, -0.2) is 0 Å². The van der Waals surface area contributed by atoms with E-state index in [9.17, 15) is 19.7 Å². The standard InChI is InChI=1S/C16H10ClNO4/c17-16(20)13-8-4-5-11(9-13)10-14(18(21)22)15(19)12-6-2-1-3-7-12/h1-10H. The molecular weight excluding hydrogens is 306 g/mol. The van der Waals surface area contributed by atoms with Crippen LogP contribution in [-0.2, 0) is 0 Å². The number of halogens is 1. The zero-order chi connectivity index (χ0) is 16.1. The zero-order valence-electron chi connectivity index (χ0n) is 11.2. The van der Waals surface area contributed by atoms with E-state index in [4.69, 9.17) is 11.6 Å². The lowest BCUT2D eigenvalue weighted by Gasteiger charge is -2.00. The molecule has 0 atom stereocenters. The minimum atomic E-state index is -0.746. The number of allylic oxidation sites excluding steroid dienone is 1. The minimum absolute atomic E-state index is 0.199. The third-order valence-electron chi connectivity index (χ3n) is 2.88. The number of rotatable bonds is 5. The Morgan fingerprint density at radius 2 is 1.64 bits per heavy atom. The van der Waals surface area contributed by atoms with Gasteiger partial charge in [-0.1, -0.05) is 48.5 Å². The quantitative estimate of drug-likeness (QED) is 0.278. The number of hydrogen-bond donors (Lipinski definition) is 0. The monoisotopic (exact) mass is 315 g/mol. The lowest BCUT2D eigenvalue weighted by atomic mass is 10.1. The van der Waals surface area contributed by atoms with Crippen LogP contribution in [0.1, 0.15) is 26.3 Å². The average molecular weight is 316 g/mol. The number of carbonyl (C=O) groups is 2. The molecule has 0 unspecified atom stereocenters. The first-order valence-corrected chi connectivity index (χ1v) is 6.62. The van der Waals surface area contributed by atoms with Crippen molar-refractivity contribution in [2.45, 2.75) is 0 Å². The number of Topliss-reactive ketones (excluding diaryl/α,β-unsaturated/α-hetero) is 1. The molecule has 22 heavy (non-hydrogen) atoms. The van der Waals surface area contributed by atoms with Crippen LogP contribution in [0.5, 0.6) is 0 Å². The van der Waals surface area contributed by atoms with Crippen LogP contribution in [0.2, 0.25) is 0 Å². The first-order valence-electron chi connectivity index (χ1n) is 6.25. The molecular formula is C16H10ClNO4. The second-order valence-electron chi connectivity index (χ2n) is 4.38. The van der Waals surface area contributed by atoms with Crippen molar-refractivity contribution in [3.8, 4) is 0 Å². The molecule has 0 radical (unpaired) electrons. The molecule has 0 saturated heterocycles. The number of nitrogens with zero attached hydrogens (tertiary/aromatic N) is 1. The van der Waals surface area contributed by atoms with E-state index in [0.29, 0.717) is 5.56 Å². The summed E-state index contributed by atoms with van der Waals surface area (Å²) in [6.45, 7) is 0. The predicted molar refractivity (Wildman–Crippen MR) is 82.4 cm³/mol. The van der Waals surface area contributed by atoms with Crippen LogP contribution in [0, 0.1) is 10.1 Å². The molecule has 0 aromatic heterocycles. The largest absolute Gasteiger partial charge is 0.317 e. The topological polar surface area (TPSA) is 77.3 Å². The molecule has 0 saturated carbocycles. The molecule has 0 aliphatic rings. The molecule has 2 aromatic rings. The van der Waals surface area contributed by atoms with E-state index in [1.165, 1.54) is 30.3 Å². The summed E-state index contributed by atoms with van der Waals surface area (Å²) in [5.74, 6) is -0.701. The summed E-state index contributed by atoms with van der Waals surface area (Å²) in [4.78, 5) is 33.7. The van der Waals surface area contributed by atoms with Crippen molar-refractivity contribution in [2.75, 3.05) is 0 Å². The molecule has 5 nitrogen and oxygen atoms in total. The van der Waals surface area contributed by atoms with Crippen molar-refractivity contribution < 1.29 is 14.5 Å². The van der Waals surface area contributed by atoms with Gasteiger partial charge in [-0.2, -0.15) is 0 Å². The second-order valence-corrected chi connectivity index (χ2v) is 4.72. The SMILES string of the molecule is O=C(Cl)c1cccc(C=C(C(=O)c2ccccc2)[N+](=O)[O-])c1. The van der Waals surface area contributed by atoms with Crippen LogP contribution in [0.15, 0.2) is 60.3 Å². The highest BCUT2D eigenvalue weighted by Gasteiger charge is 2.23. The summed E-state index contributed by atoms with van der Waals surface area (Å²) in [6.07, 6.45) is 1.12. The van der Waals surface area contributed by atoms with Crippen LogP contribution < -0.4 is 0 Å². The van der Waals surface area contributed by atoms with E-state index in [1.807, 2.05) is 0 Å². The first kappa shape index (κ1) is 15.6. The molecule has 2 aromatic carbocycles. The Balaban J connectivity index is 2.44. The number of ketones is 1. The fraction of sp³-hybridized carbons (Fsp3) is 0. The Labute approximate surface area is 131 Å². The summed E-state index contributed by atoms with van der Waals surface area (Å²) in [7, 11) is 0. The van der Waals surface area contributed by atoms with Crippen molar-refractivity contribution in [3.63, 3.8) is 0 Å². The zero-order valence-corrected chi connectivity index (χ0v) is 12.0. The minimum Gasteiger partial charge on any atom is -0.282 e. The number of nitro groups is 1. The number of carbonyl (C=O) groups excluding carboxylic acids is 2. The molecule has 0 fully saturated rings. The van der Waals surface area contributed by atoms with Crippen LogP contribution in [0.4, 0.5) is 0 Å². The van der Waals surface area contributed by atoms with Crippen molar-refractivity contribution in [1.82, 2.24) is 0 Å². The van der Waals surface area contributed by atoms with Gasteiger partial charge in [-0.3, -0.25) is 19.7 Å². The van der Waals surface area contributed by atoms with E-state index in [1.54, 1.807) is 24.3 Å². The van der Waals surface area contributed by atoms with Gasteiger partial charge in [0.15, 0.2) is 0 Å². The highest BCUT2D eigenvalue weighted by molar-refractivity contribution is 6.67. The molecule has 0 N–H and O–H groups in total. The van der Waals surface area contributed by atoms with Gasteiger partial charge in [-0.05, 0) is 23.2 Å². The summed E-state index contributed by atoms with van der Waals surface area (Å²) >= 11 is 5.37. The van der Waals surface area contributed by atoms with Crippen LogP contribution in [-0.4, -0.2) is 15.9 Å². The van der Waals surface area contributed by atoms with Crippen molar-refractivity contribution in [2.24, 2.45) is 0 Å². The van der Waals surface area contributed by atoms with Crippen molar-refractivity contribution in [1.29, 1.82) is 0 Å². The molecule has 2 rings (SSSR count). The molecule has 0 aliphatic carbocycles. The Morgan fingerprint density at radius 1 is 1.00 bits per heavy atom. The maximum Gasteiger partial charge on any atom is 0.317 e. The summed E-state index contributed by atoms with van der Waals surface area (Å²) in [5, 5.41) is 10.5. The average Bonchev–Trinajstić information content (AvgIpc) is 2.53. The lowest BCUT2D eigenvalue weighted by Crippen LogP contribution is -2.11. The second kappa shape index (κ2) is 6.78. The molecule has 0 heterocycles. The maximum atomic E-state index is 12.2. The van der Waals surface area contributed by atoms with E-state index in [2.05, 4.69) is 0 Å². The normalized spacial score (nSPS) is 11.0. The Morgan fingerprint density at radius 3 is 2.23 bits per heavy atom. The van der Waals surface area contributed by atoms with Gasteiger partial charge in [0.05, 0.1) is 4.92 Å². The van der Waals surface area contributed by atoms with Crippen LogP contribution in [0.3, 0.4) is 0 Å². The van der Waals surface area contributed by atoms with Crippen LogP contribution >= 0.6 is 11.6 Å². The molecule has 110 valence electrons. The first-order chi connectivity index (χ1) is 10.5. The van der Waals surface area contributed by atoms with Gasteiger partial charge in [0.2, 0.25) is 0 Å². The fourth-order valence-corrected chi connectivity index (χ4v) is 1.96. The molecule has 0 spiro atoms. The molecule has 0 aliphatic heterocycles. The van der Waals surface area contributed by atoms with E-state index in [0.717, 1.165) is 6.08 Å². The van der Waals surface area contributed by atoms with Crippen molar-refractivity contribution in [3.05, 3.63) is 87.1 Å². The van der Waals surface area contributed by atoms with E-state index >= 15 is 0 Å². The Hall–Kier alpha value is -2.79. The molecule has 6 heteroatoms. The van der Waals surface area contributed by atoms with Crippen molar-refractivity contribution >= 4 is 28.7 Å². The van der Waals surface area contributed by atoms with Gasteiger partial charge < -0.3 is 0 Å². The fourth-order valence-electron chi connectivity index (χ4n) is 1.85. The highest BCUT2D eigenvalue weighted by atomic mass is 35.5. The summed E-state index contributed by atoms with van der Waals surface area (Å²) in [5.41, 5.74) is 0.188. The summed E-state index contributed by atoms with van der Waals surface area (Å²) < 4.78 is 0. The molecule has 0 bridgehead atoms. The lowest BCUT2D eigenvalue weighted by molar-refractivity contribution is -0.415. The number of hydrogen-bond acceptors (Lipinski definition) is 4. The van der Waals surface area contributed by atoms with Gasteiger partial charge in [0.25, 0.3) is 11.0 Å². The van der Waals surface area contributed by atoms with Crippen LogP contribution in [0.25, 0.3) is 6.08 Å². The van der Waals surface area contributed by atoms with E-state index < -0.39 is 21.6 Å². The van der Waals surface area contributed by atoms with Gasteiger partial charge in [0, 0.05) is 17.2 Å². The van der Waals surface area contributed by atoms with Gasteiger partial charge >= 0.3 is 5.70 Å². The highest BCUT2D eigenvalue weighted by Crippen LogP contribution is 2.15. The van der Waals surface area contributed by atoms with Gasteiger partial charge in [0.1, 0.15) is 0 Å². The maximum absolute atomic E-state index is 12.2. The third kappa shape index (κ3) is 3.65. The van der Waals surface area contributed by atoms with Gasteiger partial charge in [-0.15, -0.1) is 0 Å². The molecule has 0 amide bonds. The summed E-state index contributed by atoms with van der Waals surface area (Å²) in [6, 6.07) is 13.9. The Kier molecular flexibility index (Phi) is 4.80. The Bertz CT molecular complexity index is 769. The van der Waals surface area contributed by atoms with E-state index in [-0.39, 0.29) is 11.1 Å².